The third-order valence-corrected chi connectivity index (χ3v) is 8.41. The van der Waals surface area contributed by atoms with Crippen LogP contribution in [0.15, 0.2) is 94.2 Å². The molecular weight excluding hydrogens is 505 g/mol. The van der Waals surface area contributed by atoms with Crippen LogP contribution in [-0.4, -0.2) is 53.9 Å². The molecule has 10 heteroatoms. The van der Waals surface area contributed by atoms with Gasteiger partial charge in [-0.15, -0.1) is 0 Å². The molecule has 6 rings (SSSR count). The summed E-state index contributed by atoms with van der Waals surface area (Å²) in [6, 6.07) is 24.1. The van der Waals surface area contributed by atoms with Gasteiger partial charge in [-0.2, -0.15) is 9.29 Å². The molecule has 2 aromatic heterocycles. The normalized spacial score (nSPS) is 15.0. The van der Waals surface area contributed by atoms with Gasteiger partial charge < -0.3 is 9.32 Å². The van der Waals surface area contributed by atoms with E-state index < -0.39 is 15.8 Å². The second-order valence-electron chi connectivity index (χ2n) is 8.97. The number of anilines is 1. The predicted molar refractivity (Wildman–Crippen MR) is 142 cm³/mol. The van der Waals surface area contributed by atoms with E-state index in [1.54, 1.807) is 0 Å². The summed E-state index contributed by atoms with van der Waals surface area (Å²) in [6.45, 7) is 1.53. The Hall–Kier alpha value is -4.15. The number of sulfonamides is 1. The van der Waals surface area contributed by atoms with Gasteiger partial charge >= 0.3 is 0 Å². The number of fused-ring (bicyclic) bond motifs is 1. The number of nitrogens with zero attached hydrogens (tertiary/aromatic N) is 5. The number of oxazole rings is 1. The highest BCUT2D eigenvalue weighted by molar-refractivity contribution is 7.89. The van der Waals surface area contributed by atoms with Gasteiger partial charge in [0.2, 0.25) is 27.1 Å². The third-order valence-electron chi connectivity index (χ3n) is 6.49. The lowest BCUT2D eigenvalue weighted by molar-refractivity contribution is 0.433. The third kappa shape index (κ3) is 4.64. The lowest BCUT2D eigenvalue weighted by atomic mass is 10.2. The minimum atomic E-state index is -3.76. The van der Waals surface area contributed by atoms with Gasteiger partial charge in [-0.1, -0.05) is 48.5 Å². The molecule has 1 saturated heterocycles. The van der Waals surface area contributed by atoms with E-state index in [2.05, 4.69) is 4.98 Å². The monoisotopic (exact) mass is 529 g/mol. The zero-order valence-corrected chi connectivity index (χ0v) is 21.2. The number of aromatic nitrogens is 3. The highest BCUT2D eigenvalue weighted by Crippen LogP contribution is 2.32. The standard InChI is InChI=1S/C28H24FN5O3S/c29-22-12-14-23(15-13-22)38(35,36)34-17-7-16-33(18-19-34)27-24-26(30-25(31-27)20-8-3-1-4-9-20)32-28(37-24)21-10-5-2-6-11-21/h1-6,8-15H,7,16-19H2. The van der Waals surface area contributed by atoms with Gasteiger partial charge in [-0.05, 0) is 42.8 Å². The number of hydrogen-bond donors (Lipinski definition) is 0. The SMILES string of the molecule is O=S(=O)(c1ccc(F)cc1)N1CCCN(c2nc(-c3ccccc3)nc3nc(-c4ccccc4)oc23)CC1. The molecule has 0 saturated carbocycles. The van der Waals surface area contributed by atoms with Gasteiger partial charge in [0.25, 0.3) is 0 Å². The Kier molecular flexibility index (Phi) is 6.34. The summed E-state index contributed by atoms with van der Waals surface area (Å²) in [4.78, 5) is 16.3. The Morgan fingerprint density at radius 1 is 0.737 bits per heavy atom. The van der Waals surface area contributed by atoms with E-state index in [1.165, 1.54) is 16.4 Å². The summed E-state index contributed by atoms with van der Waals surface area (Å²) < 4.78 is 47.5. The molecule has 0 spiro atoms. The van der Waals surface area contributed by atoms with E-state index in [1.807, 2.05) is 65.6 Å². The van der Waals surface area contributed by atoms with Crippen molar-refractivity contribution in [1.29, 1.82) is 0 Å². The fourth-order valence-corrected chi connectivity index (χ4v) is 6.02. The van der Waals surface area contributed by atoms with Gasteiger partial charge in [0, 0.05) is 37.3 Å². The highest BCUT2D eigenvalue weighted by Gasteiger charge is 2.29. The van der Waals surface area contributed by atoms with Crippen molar-refractivity contribution in [3.63, 3.8) is 0 Å². The number of halogens is 1. The molecule has 1 aliphatic rings. The summed E-state index contributed by atoms with van der Waals surface area (Å²) in [5.41, 5.74) is 2.56. The molecule has 0 atom stereocenters. The van der Waals surface area contributed by atoms with Gasteiger partial charge in [0.1, 0.15) is 5.82 Å². The lowest BCUT2D eigenvalue weighted by Crippen LogP contribution is -2.35. The summed E-state index contributed by atoms with van der Waals surface area (Å²) in [5.74, 6) is 1.05. The zero-order valence-electron chi connectivity index (χ0n) is 20.4. The van der Waals surface area contributed by atoms with Crippen molar-refractivity contribution in [2.24, 2.45) is 0 Å². The molecule has 38 heavy (non-hydrogen) atoms. The average molecular weight is 530 g/mol. The van der Waals surface area contributed by atoms with Crippen molar-refractivity contribution in [3.05, 3.63) is 90.7 Å². The van der Waals surface area contributed by atoms with Crippen LogP contribution >= 0.6 is 0 Å². The van der Waals surface area contributed by atoms with Gasteiger partial charge in [-0.3, -0.25) is 0 Å². The van der Waals surface area contributed by atoms with Crippen molar-refractivity contribution >= 4 is 27.1 Å². The highest BCUT2D eigenvalue weighted by atomic mass is 32.2. The molecule has 0 amide bonds. The minimum absolute atomic E-state index is 0.0749. The molecule has 3 aromatic carbocycles. The van der Waals surface area contributed by atoms with Crippen LogP contribution < -0.4 is 4.90 Å². The van der Waals surface area contributed by atoms with E-state index in [0.717, 1.165) is 23.3 Å². The molecule has 8 nitrogen and oxygen atoms in total. The van der Waals surface area contributed by atoms with E-state index in [4.69, 9.17) is 14.4 Å². The summed E-state index contributed by atoms with van der Waals surface area (Å²) in [7, 11) is -3.76. The van der Waals surface area contributed by atoms with Gasteiger partial charge in [0.05, 0.1) is 4.90 Å². The van der Waals surface area contributed by atoms with E-state index in [0.29, 0.717) is 54.8 Å². The van der Waals surface area contributed by atoms with Crippen molar-refractivity contribution < 1.29 is 17.2 Å². The van der Waals surface area contributed by atoms with Crippen LogP contribution in [0.2, 0.25) is 0 Å². The quantitative estimate of drug-likeness (QED) is 0.317. The van der Waals surface area contributed by atoms with Crippen LogP contribution in [0, 0.1) is 5.82 Å². The predicted octanol–water partition coefficient (Wildman–Crippen LogP) is 4.99. The number of hydrogen-bond acceptors (Lipinski definition) is 7. The second kappa shape index (κ2) is 9.96. The summed E-state index contributed by atoms with van der Waals surface area (Å²) >= 11 is 0. The number of benzene rings is 3. The zero-order chi connectivity index (χ0) is 26.1. The lowest BCUT2D eigenvalue weighted by Gasteiger charge is -2.23. The Morgan fingerprint density at radius 3 is 2.13 bits per heavy atom. The van der Waals surface area contributed by atoms with Crippen molar-refractivity contribution in [3.8, 4) is 22.8 Å². The second-order valence-corrected chi connectivity index (χ2v) is 10.9. The van der Waals surface area contributed by atoms with Crippen molar-refractivity contribution in [2.45, 2.75) is 11.3 Å². The van der Waals surface area contributed by atoms with Crippen molar-refractivity contribution in [2.75, 3.05) is 31.1 Å². The largest absolute Gasteiger partial charge is 0.430 e. The fraction of sp³-hybridized carbons (Fsp3) is 0.179. The molecule has 0 N–H and O–H groups in total. The van der Waals surface area contributed by atoms with E-state index >= 15 is 0 Å². The molecular formula is C28H24FN5O3S. The molecule has 192 valence electrons. The average Bonchev–Trinajstić information content (AvgIpc) is 3.23. The van der Waals surface area contributed by atoms with E-state index in [-0.39, 0.29) is 11.4 Å². The first-order chi connectivity index (χ1) is 18.5. The molecule has 1 fully saturated rings. The topological polar surface area (TPSA) is 92.4 Å². The molecule has 0 unspecified atom stereocenters. The van der Waals surface area contributed by atoms with Gasteiger partial charge in [-0.25, -0.2) is 22.8 Å². The van der Waals surface area contributed by atoms with Gasteiger partial charge in [0.15, 0.2) is 11.6 Å². The van der Waals surface area contributed by atoms with Crippen LogP contribution in [0.25, 0.3) is 34.1 Å². The minimum Gasteiger partial charge on any atom is -0.430 e. The van der Waals surface area contributed by atoms with Crippen LogP contribution in [-0.2, 0) is 10.0 Å². The first-order valence-corrected chi connectivity index (χ1v) is 13.7. The Labute approximate surface area is 219 Å². The Balaban J connectivity index is 1.37. The van der Waals surface area contributed by atoms with Crippen LogP contribution in [0.3, 0.4) is 0 Å². The maximum absolute atomic E-state index is 13.4. The first-order valence-electron chi connectivity index (χ1n) is 12.3. The smallest absolute Gasteiger partial charge is 0.243 e. The molecule has 3 heterocycles. The maximum atomic E-state index is 13.4. The maximum Gasteiger partial charge on any atom is 0.243 e. The Bertz CT molecular complexity index is 1680. The molecule has 0 bridgehead atoms. The molecule has 0 aliphatic carbocycles. The Morgan fingerprint density at radius 2 is 1.42 bits per heavy atom. The molecule has 0 radical (unpaired) electrons. The first kappa shape index (κ1) is 24.2. The van der Waals surface area contributed by atoms with E-state index in [9.17, 15) is 12.8 Å². The van der Waals surface area contributed by atoms with Crippen molar-refractivity contribution in [1.82, 2.24) is 19.3 Å². The number of rotatable bonds is 5. The van der Waals surface area contributed by atoms with Crippen LogP contribution in [0.5, 0.6) is 0 Å². The molecule has 1 aliphatic heterocycles. The fourth-order valence-electron chi connectivity index (χ4n) is 4.55. The summed E-state index contributed by atoms with van der Waals surface area (Å²) in [6.07, 6.45) is 0.576. The van der Waals surface area contributed by atoms with Crippen LogP contribution in [0.4, 0.5) is 10.2 Å². The van der Waals surface area contributed by atoms with Crippen LogP contribution in [0.1, 0.15) is 6.42 Å². The molecule has 5 aromatic rings. The summed E-state index contributed by atoms with van der Waals surface area (Å²) in [5, 5.41) is 0.